The van der Waals surface area contributed by atoms with Crippen molar-refractivity contribution in [3.05, 3.63) is 42.0 Å². The van der Waals surface area contributed by atoms with E-state index in [1.54, 1.807) is 12.1 Å². The Labute approximate surface area is 129 Å². The van der Waals surface area contributed by atoms with Crippen LogP contribution in [-0.4, -0.2) is 17.2 Å². The molecule has 0 aromatic heterocycles. The van der Waals surface area contributed by atoms with Crippen molar-refractivity contribution in [3.63, 3.8) is 0 Å². The number of hydrazone groups is 1. The summed E-state index contributed by atoms with van der Waals surface area (Å²) in [5, 5.41) is 15.7. The monoisotopic (exact) mass is 296 g/mol. The molecule has 0 saturated heterocycles. The first-order valence-corrected chi connectivity index (χ1v) is 7.80. The van der Waals surface area contributed by atoms with Crippen molar-refractivity contribution in [1.82, 2.24) is 5.43 Å². The molecule has 1 aliphatic rings. The van der Waals surface area contributed by atoms with Crippen molar-refractivity contribution in [3.8, 4) is 5.75 Å². The van der Waals surface area contributed by atoms with E-state index in [1.165, 1.54) is 19.3 Å². The summed E-state index contributed by atoms with van der Waals surface area (Å²) in [7, 11) is 0. The molecule has 114 valence electrons. The lowest BCUT2D eigenvalue weighted by atomic mass is 9.90. The summed E-state index contributed by atoms with van der Waals surface area (Å²) in [6.45, 7) is 0. The van der Waals surface area contributed by atoms with Crippen LogP contribution in [0.5, 0.6) is 5.75 Å². The van der Waals surface area contributed by atoms with Gasteiger partial charge >= 0.3 is 0 Å². The van der Waals surface area contributed by atoms with Gasteiger partial charge in [0.2, 0.25) is 0 Å². The maximum Gasteiger partial charge on any atom is 0.275 e. The van der Waals surface area contributed by atoms with Gasteiger partial charge in [-0.15, -0.1) is 0 Å². The van der Waals surface area contributed by atoms with Crippen LogP contribution in [0.25, 0.3) is 10.8 Å². The highest BCUT2D eigenvalue weighted by Crippen LogP contribution is 2.27. The number of phenolic OH excluding ortho intramolecular Hbond substituents is 1. The number of nitrogens with one attached hydrogen (secondary N) is 1. The summed E-state index contributed by atoms with van der Waals surface area (Å²) in [5.41, 5.74) is 2.83. The normalized spacial score (nSPS) is 16.2. The molecule has 22 heavy (non-hydrogen) atoms. The second-order valence-corrected chi connectivity index (χ2v) is 5.80. The van der Waals surface area contributed by atoms with Crippen LogP contribution in [0.4, 0.5) is 0 Å². The van der Waals surface area contributed by atoms with Crippen LogP contribution in [-0.2, 0) is 0 Å². The first kappa shape index (κ1) is 14.6. The predicted octanol–water partition coefficient (Wildman–Crippen LogP) is 3.84. The van der Waals surface area contributed by atoms with Gasteiger partial charge in [0.1, 0.15) is 5.75 Å². The third-order valence-electron chi connectivity index (χ3n) is 4.24. The van der Waals surface area contributed by atoms with Crippen molar-refractivity contribution < 1.29 is 9.90 Å². The molecule has 4 nitrogen and oxygen atoms in total. The third kappa shape index (κ3) is 3.11. The summed E-state index contributed by atoms with van der Waals surface area (Å²) in [6, 6.07) is 10.8. The molecule has 0 radical (unpaired) electrons. The number of carbonyl (C=O) groups excluding carboxylic acids is 1. The largest absolute Gasteiger partial charge is 0.507 e. The lowest BCUT2D eigenvalue weighted by Gasteiger charge is -2.16. The summed E-state index contributed by atoms with van der Waals surface area (Å²) in [5.74, 6) is 0.0561. The van der Waals surface area contributed by atoms with E-state index < -0.39 is 0 Å². The van der Waals surface area contributed by atoms with Gasteiger partial charge in [-0.05, 0) is 35.6 Å². The fourth-order valence-electron chi connectivity index (χ4n) is 3.04. The molecule has 3 rings (SSSR count). The summed E-state index contributed by atoms with van der Waals surface area (Å²) in [6.07, 6.45) is 7.86. The number of carbonyl (C=O) groups is 1. The lowest BCUT2D eigenvalue weighted by molar-refractivity contribution is 0.0954. The van der Waals surface area contributed by atoms with E-state index in [2.05, 4.69) is 10.5 Å². The van der Waals surface area contributed by atoms with Gasteiger partial charge in [-0.1, -0.05) is 49.6 Å². The van der Waals surface area contributed by atoms with Gasteiger partial charge in [-0.25, -0.2) is 5.43 Å². The lowest BCUT2D eigenvalue weighted by Crippen LogP contribution is -2.19. The number of hydrogen-bond donors (Lipinski definition) is 2. The van der Waals surface area contributed by atoms with Crippen molar-refractivity contribution in [2.24, 2.45) is 11.0 Å². The standard InChI is InChI=1S/C18H20N2O2/c21-16-11-10-14-8-4-5-9-15(14)17(16)18(22)20-19-12-13-6-2-1-3-7-13/h4-5,8-13,21H,1-3,6-7H2,(H,20,22). The highest BCUT2D eigenvalue weighted by atomic mass is 16.3. The first-order chi connectivity index (χ1) is 10.8. The van der Waals surface area contributed by atoms with E-state index in [9.17, 15) is 9.90 Å². The molecule has 0 atom stereocenters. The molecule has 0 heterocycles. The smallest absolute Gasteiger partial charge is 0.275 e. The first-order valence-electron chi connectivity index (χ1n) is 7.80. The fraction of sp³-hybridized carbons (Fsp3) is 0.333. The van der Waals surface area contributed by atoms with E-state index in [0.29, 0.717) is 5.92 Å². The highest BCUT2D eigenvalue weighted by molar-refractivity contribution is 6.09. The molecule has 2 aromatic carbocycles. The van der Waals surface area contributed by atoms with Gasteiger partial charge in [-0.2, -0.15) is 5.10 Å². The highest BCUT2D eigenvalue weighted by Gasteiger charge is 2.15. The molecule has 1 amide bonds. The minimum Gasteiger partial charge on any atom is -0.507 e. The molecule has 2 aromatic rings. The number of fused-ring (bicyclic) bond motifs is 1. The average Bonchev–Trinajstić information content (AvgIpc) is 2.55. The molecule has 4 heteroatoms. The number of hydrogen-bond acceptors (Lipinski definition) is 3. The maximum absolute atomic E-state index is 12.3. The Kier molecular flexibility index (Phi) is 4.37. The second kappa shape index (κ2) is 6.60. The van der Waals surface area contributed by atoms with Crippen molar-refractivity contribution in [1.29, 1.82) is 0 Å². The zero-order chi connectivity index (χ0) is 15.4. The van der Waals surface area contributed by atoms with Crippen LogP contribution in [0.2, 0.25) is 0 Å². The van der Waals surface area contributed by atoms with E-state index in [4.69, 9.17) is 0 Å². The van der Waals surface area contributed by atoms with Gasteiger partial charge in [-0.3, -0.25) is 4.79 Å². The molecule has 0 bridgehead atoms. The zero-order valence-corrected chi connectivity index (χ0v) is 12.5. The van der Waals surface area contributed by atoms with Crippen LogP contribution >= 0.6 is 0 Å². The molecule has 1 aliphatic carbocycles. The van der Waals surface area contributed by atoms with Crippen LogP contribution in [0.15, 0.2) is 41.5 Å². The van der Waals surface area contributed by atoms with Crippen LogP contribution in [0.1, 0.15) is 42.5 Å². The van der Waals surface area contributed by atoms with Gasteiger partial charge < -0.3 is 5.11 Å². The zero-order valence-electron chi connectivity index (χ0n) is 12.5. The summed E-state index contributed by atoms with van der Waals surface area (Å²) < 4.78 is 0. The molecule has 1 fully saturated rings. The number of nitrogens with zero attached hydrogens (tertiary/aromatic N) is 1. The van der Waals surface area contributed by atoms with Gasteiger partial charge in [0, 0.05) is 6.21 Å². The van der Waals surface area contributed by atoms with Crippen molar-refractivity contribution in [2.45, 2.75) is 32.1 Å². The van der Waals surface area contributed by atoms with Crippen LogP contribution in [0, 0.1) is 5.92 Å². The maximum atomic E-state index is 12.3. The predicted molar refractivity (Wildman–Crippen MR) is 88.1 cm³/mol. The van der Waals surface area contributed by atoms with Gasteiger partial charge in [0.15, 0.2) is 0 Å². The van der Waals surface area contributed by atoms with Crippen LogP contribution in [0.3, 0.4) is 0 Å². The molecule has 0 unspecified atom stereocenters. The van der Waals surface area contributed by atoms with E-state index in [0.717, 1.165) is 23.6 Å². The summed E-state index contributed by atoms with van der Waals surface area (Å²) >= 11 is 0. The third-order valence-corrected chi connectivity index (χ3v) is 4.24. The van der Waals surface area contributed by atoms with Crippen LogP contribution < -0.4 is 5.43 Å². The van der Waals surface area contributed by atoms with Gasteiger partial charge in [0.25, 0.3) is 5.91 Å². The quantitative estimate of drug-likeness (QED) is 0.667. The van der Waals surface area contributed by atoms with Crippen molar-refractivity contribution in [2.75, 3.05) is 0 Å². The number of aromatic hydroxyl groups is 1. The Balaban J connectivity index is 1.77. The molecule has 1 saturated carbocycles. The molecule has 0 aliphatic heterocycles. The Hall–Kier alpha value is -2.36. The van der Waals surface area contributed by atoms with Gasteiger partial charge in [0.05, 0.1) is 5.56 Å². The molecular weight excluding hydrogens is 276 g/mol. The Bertz CT molecular complexity index is 703. The Morgan fingerprint density at radius 1 is 1.14 bits per heavy atom. The minimum atomic E-state index is -0.374. The SMILES string of the molecule is O=C(NN=CC1CCCCC1)c1c(O)ccc2ccccc12. The van der Waals surface area contributed by atoms with E-state index >= 15 is 0 Å². The number of benzene rings is 2. The topological polar surface area (TPSA) is 61.7 Å². The van der Waals surface area contributed by atoms with Crippen molar-refractivity contribution >= 4 is 22.9 Å². The Morgan fingerprint density at radius 3 is 2.73 bits per heavy atom. The fourth-order valence-corrected chi connectivity index (χ4v) is 3.04. The minimum absolute atomic E-state index is 0.0240. The number of phenols is 1. The molecule has 0 spiro atoms. The van der Waals surface area contributed by atoms with E-state index in [-0.39, 0.29) is 17.2 Å². The molecular formula is C18H20N2O2. The number of rotatable bonds is 3. The molecule has 2 N–H and O–H groups in total. The number of amides is 1. The second-order valence-electron chi connectivity index (χ2n) is 5.80. The van der Waals surface area contributed by atoms with E-state index in [1.807, 2.05) is 30.5 Å². The summed E-state index contributed by atoms with van der Waals surface area (Å²) in [4.78, 5) is 12.3. The Morgan fingerprint density at radius 2 is 1.91 bits per heavy atom. The average molecular weight is 296 g/mol.